The van der Waals surface area contributed by atoms with Gasteiger partial charge in [-0.1, -0.05) is 6.07 Å². The number of halogens is 2. The van der Waals surface area contributed by atoms with Crippen molar-refractivity contribution in [2.45, 2.75) is 18.7 Å². The molecule has 0 radical (unpaired) electrons. The molecule has 0 aromatic heterocycles. The van der Waals surface area contributed by atoms with Crippen LogP contribution >= 0.6 is 11.6 Å². The van der Waals surface area contributed by atoms with Crippen molar-refractivity contribution in [1.82, 2.24) is 0 Å². The van der Waals surface area contributed by atoms with Crippen molar-refractivity contribution in [3.05, 3.63) is 29.6 Å². The van der Waals surface area contributed by atoms with Crippen LogP contribution in [0.1, 0.15) is 12.0 Å². The highest BCUT2D eigenvalue weighted by atomic mass is 35.5. The summed E-state index contributed by atoms with van der Waals surface area (Å²) >= 11 is 5.87. The van der Waals surface area contributed by atoms with Crippen molar-refractivity contribution in [2.75, 3.05) is 11.4 Å². The zero-order chi connectivity index (χ0) is 11.0. The smallest absolute Gasteiger partial charge is 0.228 e. The van der Waals surface area contributed by atoms with E-state index >= 15 is 0 Å². The molecule has 1 amide bonds. The molecular weight excluding hydrogens is 217 g/mol. The van der Waals surface area contributed by atoms with Crippen molar-refractivity contribution in [1.29, 1.82) is 0 Å². The van der Waals surface area contributed by atoms with Crippen molar-refractivity contribution in [3.63, 3.8) is 0 Å². The van der Waals surface area contributed by atoms with Crippen LogP contribution in [-0.4, -0.2) is 17.8 Å². The van der Waals surface area contributed by atoms with E-state index in [9.17, 15) is 9.18 Å². The number of aryl methyl sites for hydroxylation is 1. The average Bonchev–Trinajstić information content (AvgIpc) is 2.50. The number of alkyl halides is 1. The Kier molecular flexibility index (Phi) is 2.65. The first kappa shape index (κ1) is 10.4. The minimum atomic E-state index is -0.293. The van der Waals surface area contributed by atoms with Gasteiger partial charge in [-0.2, -0.15) is 0 Å². The molecule has 1 saturated heterocycles. The summed E-state index contributed by atoms with van der Waals surface area (Å²) in [7, 11) is 0. The van der Waals surface area contributed by atoms with E-state index in [1.165, 1.54) is 11.0 Å². The Balaban J connectivity index is 2.30. The van der Waals surface area contributed by atoms with E-state index in [4.69, 9.17) is 11.6 Å². The van der Waals surface area contributed by atoms with Gasteiger partial charge in [-0.3, -0.25) is 4.79 Å². The highest BCUT2D eigenvalue weighted by molar-refractivity contribution is 6.24. The molecule has 2 rings (SSSR count). The molecule has 1 aromatic rings. The number of nitrogens with zero attached hydrogens (tertiary/aromatic N) is 1. The second-order valence-electron chi connectivity index (χ2n) is 3.74. The maximum atomic E-state index is 13.3. The SMILES string of the molecule is Cc1ccc(N2CC(Cl)CC2=O)cc1F. The fraction of sp³-hybridized carbons (Fsp3) is 0.364. The van der Waals surface area contributed by atoms with Gasteiger partial charge in [0.1, 0.15) is 5.82 Å². The summed E-state index contributed by atoms with van der Waals surface area (Å²) in [5, 5.41) is -0.165. The van der Waals surface area contributed by atoms with Crippen LogP contribution < -0.4 is 4.90 Å². The van der Waals surface area contributed by atoms with Gasteiger partial charge in [0, 0.05) is 18.7 Å². The highest BCUT2D eigenvalue weighted by Crippen LogP contribution is 2.25. The number of carbonyl (C=O) groups excluding carboxylic acids is 1. The van der Waals surface area contributed by atoms with Gasteiger partial charge in [0.2, 0.25) is 5.91 Å². The molecule has 0 bridgehead atoms. The zero-order valence-electron chi connectivity index (χ0n) is 8.34. The Labute approximate surface area is 92.6 Å². The number of hydrogen-bond donors (Lipinski definition) is 0. The summed E-state index contributed by atoms with van der Waals surface area (Å²) in [4.78, 5) is 13.0. The van der Waals surface area contributed by atoms with Crippen LogP contribution in [0.25, 0.3) is 0 Å². The predicted molar refractivity (Wildman–Crippen MR) is 57.7 cm³/mol. The minimum absolute atomic E-state index is 0.0433. The first-order chi connectivity index (χ1) is 7.08. The zero-order valence-corrected chi connectivity index (χ0v) is 9.09. The molecule has 4 heteroatoms. The van der Waals surface area contributed by atoms with Crippen LogP contribution in [0.2, 0.25) is 0 Å². The molecule has 1 aromatic carbocycles. The molecule has 1 aliphatic heterocycles. The lowest BCUT2D eigenvalue weighted by molar-refractivity contribution is -0.117. The molecule has 1 atom stereocenters. The average molecular weight is 228 g/mol. The fourth-order valence-electron chi connectivity index (χ4n) is 1.66. The predicted octanol–water partition coefficient (Wildman–Crippen LogP) is 2.48. The molecule has 2 nitrogen and oxygen atoms in total. The van der Waals surface area contributed by atoms with Gasteiger partial charge in [0.05, 0.1) is 5.38 Å². The van der Waals surface area contributed by atoms with E-state index in [-0.39, 0.29) is 17.1 Å². The Bertz CT molecular complexity index is 408. The number of anilines is 1. The van der Waals surface area contributed by atoms with E-state index in [0.717, 1.165) is 0 Å². The van der Waals surface area contributed by atoms with Gasteiger partial charge < -0.3 is 4.90 Å². The van der Waals surface area contributed by atoms with E-state index in [2.05, 4.69) is 0 Å². The molecule has 80 valence electrons. The number of amides is 1. The van der Waals surface area contributed by atoms with Crippen molar-refractivity contribution >= 4 is 23.2 Å². The van der Waals surface area contributed by atoms with Crippen molar-refractivity contribution < 1.29 is 9.18 Å². The monoisotopic (exact) mass is 227 g/mol. The molecule has 0 aliphatic carbocycles. The van der Waals surface area contributed by atoms with Crippen LogP contribution in [-0.2, 0) is 4.79 Å². The lowest BCUT2D eigenvalue weighted by Gasteiger charge is -2.16. The standard InChI is InChI=1S/C11H11ClFNO/c1-7-2-3-9(5-10(7)13)14-6-8(12)4-11(14)15/h2-3,5,8H,4,6H2,1H3. The third kappa shape index (κ3) is 1.97. The van der Waals surface area contributed by atoms with Crippen molar-refractivity contribution in [3.8, 4) is 0 Å². The third-order valence-electron chi connectivity index (χ3n) is 2.54. The molecule has 1 fully saturated rings. The first-order valence-corrected chi connectivity index (χ1v) is 5.22. The molecule has 1 unspecified atom stereocenters. The van der Waals surface area contributed by atoms with Gasteiger partial charge in [-0.25, -0.2) is 4.39 Å². The normalized spacial score (nSPS) is 21.1. The topological polar surface area (TPSA) is 20.3 Å². The van der Waals surface area contributed by atoms with E-state index in [1.807, 2.05) is 0 Å². The Morgan fingerprint density at radius 2 is 2.27 bits per heavy atom. The van der Waals surface area contributed by atoms with Crippen LogP contribution in [0.5, 0.6) is 0 Å². The van der Waals surface area contributed by atoms with Crippen LogP contribution in [0.4, 0.5) is 10.1 Å². The largest absolute Gasteiger partial charge is 0.311 e. The summed E-state index contributed by atoms with van der Waals surface area (Å²) in [5.74, 6) is -0.337. The summed E-state index contributed by atoms with van der Waals surface area (Å²) in [5.41, 5.74) is 1.17. The number of benzene rings is 1. The number of hydrogen-bond acceptors (Lipinski definition) is 1. The van der Waals surface area contributed by atoms with Gasteiger partial charge in [0.25, 0.3) is 0 Å². The Hall–Kier alpha value is -1.09. The van der Waals surface area contributed by atoms with E-state index in [1.54, 1.807) is 19.1 Å². The van der Waals surface area contributed by atoms with E-state index < -0.39 is 0 Å². The number of rotatable bonds is 1. The third-order valence-corrected chi connectivity index (χ3v) is 2.84. The molecule has 0 saturated carbocycles. The Morgan fingerprint density at radius 3 is 2.80 bits per heavy atom. The van der Waals surface area contributed by atoms with Crippen LogP contribution in [0.3, 0.4) is 0 Å². The summed E-state index contributed by atoms with van der Waals surface area (Å²) < 4.78 is 13.3. The van der Waals surface area contributed by atoms with Gasteiger partial charge in [0.15, 0.2) is 0 Å². The van der Waals surface area contributed by atoms with Gasteiger partial charge in [-0.05, 0) is 24.6 Å². The highest BCUT2D eigenvalue weighted by Gasteiger charge is 2.29. The summed E-state index contributed by atoms with van der Waals surface area (Å²) in [6.07, 6.45) is 0.330. The molecule has 0 spiro atoms. The summed E-state index contributed by atoms with van der Waals surface area (Å²) in [6.45, 7) is 2.15. The maximum absolute atomic E-state index is 13.3. The lowest BCUT2D eigenvalue weighted by Crippen LogP contribution is -2.24. The Morgan fingerprint density at radius 1 is 1.53 bits per heavy atom. The van der Waals surface area contributed by atoms with E-state index in [0.29, 0.717) is 24.2 Å². The van der Waals surface area contributed by atoms with Crippen LogP contribution in [0, 0.1) is 12.7 Å². The minimum Gasteiger partial charge on any atom is -0.311 e. The second kappa shape index (κ2) is 3.81. The van der Waals surface area contributed by atoms with Crippen molar-refractivity contribution in [2.24, 2.45) is 0 Å². The molecule has 15 heavy (non-hydrogen) atoms. The van der Waals surface area contributed by atoms with Crippen LogP contribution in [0.15, 0.2) is 18.2 Å². The second-order valence-corrected chi connectivity index (χ2v) is 4.36. The molecule has 1 aliphatic rings. The molecule has 1 heterocycles. The number of carbonyl (C=O) groups is 1. The molecule has 0 N–H and O–H groups in total. The fourth-order valence-corrected chi connectivity index (χ4v) is 1.93. The van der Waals surface area contributed by atoms with Gasteiger partial charge >= 0.3 is 0 Å². The maximum Gasteiger partial charge on any atom is 0.228 e. The lowest BCUT2D eigenvalue weighted by atomic mass is 10.2. The quantitative estimate of drug-likeness (QED) is 0.675. The first-order valence-electron chi connectivity index (χ1n) is 4.78. The summed E-state index contributed by atoms with van der Waals surface area (Å²) in [6, 6.07) is 4.78. The van der Waals surface area contributed by atoms with Gasteiger partial charge in [-0.15, -0.1) is 11.6 Å². The molecular formula is C11H11ClFNO.